The summed E-state index contributed by atoms with van der Waals surface area (Å²) in [4.78, 5) is 15.0. The number of thioether (sulfide) groups is 1. The van der Waals surface area contributed by atoms with Crippen LogP contribution >= 0.6 is 34.7 Å². The number of carbonyl (C=O) groups excluding carboxylic acids is 1. The Morgan fingerprint density at radius 3 is 3.06 bits per heavy atom. The van der Waals surface area contributed by atoms with Crippen molar-refractivity contribution < 1.29 is 9.53 Å². The fraction of sp³-hybridized carbons (Fsp3) is 0.583. The molecular weight excluding hydrogens is 290 g/mol. The monoisotopic (exact) mass is 305 g/mol. The highest BCUT2D eigenvalue weighted by Crippen LogP contribution is 2.42. The lowest BCUT2D eigenvalue weighted by atomic mass is 10.3. The number of carbonyl (C=O) groups is 1. The van der Waals surface area contributed by atoms with Crippen molar-refractivity contribution in [2.24, 2.45) is 0 Å². The zero-order valence-electron chi connectivity index (χ0n) is 10.2. The Morgan fingerprint density at radius 2 is 2.39 bits per heavy atom. The van der Waals surface area contributed by atoms with E-state index < -0.39 is 0 Å². The molecule has 0 radical (unpaired) electrons. The van der Waals surface area contributed by atoms with Gasteiger partial charge in [0, 0.05) is 24.6 Å². The first kappa shape index (κ1) is 14.2. The van der Waals surface area contributed by atoms with Crippen molar-refractivity contribution in [2.45, 2.75) is 18.7 Å². The van der Waals surface area contributed by atoms with Gasteiger partial charge in [0.25, 0.3) is 0 Å². The van der Waals surface area contributed by atoms with Gasteiger partial charge in [-0.15, -0.1) is 23.1 Å². The number of amides is 1. The van der Waals surface area contributed by atoms with Crippen LogP contribution in [0.3, 0.4) is 0 Å². The van der Waals surface area contributed by atoms with Gasteiger partial charge in [-0.25, -0.2) is 0 Å². The molecule has 2 rings (SSSR count). The van der Waals surface area contributed by atoms with Crippen molar-refractivity contribution in [1.82, 2.24) is 4.90 Å². The quantitative estimate of drug-likeness (QED) is 0.754. The molecule has 100 valence electrons. The largest absolute Gasteiger partial charge is 0.382 e. The summed E-state index contributed by atoms with van der Waals surface area (Å²) in [6, 6.07) is 3.90. The predicted octanol–water partition coefficient (Wildman–Crippen LogP) is 3.40. The molecule has 0 aliphatic carbocycles. The lowest BCUT2D eigenvalue weighted by Gasteiger charge is -2.22. The third-order valence-electron chi connectivity index (χ3n) is 2.70. The molecule has 1 unspecified atom stereocenters. The van der Waals surface area contributed by atoms with Crippen LogP contribution in [0.2, 0.25) is 4.34 Å². The molecule has 1 aromatic rings. The highest BCUT2D eigenvalue weighted by Gasteiger charge is 2.33. The van der Waals surface area contributed by atoms with Gasteiger partial charge in [0.2, 0.25) is 5.91 Å². The third-order valence-corrected chi connectivity index (χ3v) is 5.37. The van der Waals surface area contributed by atoms with Gasteiger partial charge in [0.15, 0.2) is 0 Å². The molecule has 0 bridgehead atoms. The maximum Gasteiger partial charge on any atom is 0.233 e. The predicted molar refractivity (Wildman–Crippen MR) is 77.4 cm³/mol. The van der Waals surface area contributed by atoms with Crippen molar-refractivity contribution >= 4 is 40.6 Å². The molecule has 3 nitrogen and oxygen atoms in total. The number of thiophene rings is 1. The van der Waals surface area contributed by atoms with Crippen molar-refractivity contribution in [3.63, 3.8) is 0 Å². The molecule has 0 aromatic carbocycles. The molecule has 1 amide bonds. The zero-order valence-corrected chi connectivity index (χ0v) is 12.6. The van der Waals surface area contributed by atoms with E-state index in [2.05, 4.69) is 0 Å². The Hall–Kier alpha value is -0.230. The van der Waals surface area contributed by atoms with E-state index in [1.165, 1.54) is 0 Å². The summed E-state index contributed by atoms with van der Waals surface area (Å²) in [5.41, 5.74) is 0. The summed E-state index contributed by atoms with van der Waals surface area (Å²) in [6.07, 6.45) is 0.885. The van der Waals surface area contributed by atoms with Crippen molar-refractivity contribution in [3.05, 3.63) is 21.3 Å². The fourth-order valence-corrected chi connectivity index (χ4v) is 4.39. The number of ether oxygens (including phenoxy) is 1. The maximum absolute atomic E-state index is 11.9. The fourth-order valence-electron chi connectivity index (χ4n) is 1.87. The highest BCUT2D eigenvalue weighted by atomic mass is 35.5. The highest BCUT2D eigenvalue weighted by molar-refractivity contribution is 8.00. The molecule has 1 fully saturated rings. The Kier molecular flexibility index (Phi) is 5.36. The first-order chi connectivity index (χ1) is 8.72. The number of rotatable bonds is 6. The lowest BCUT2D eigenvalue weighted by molar-refractivity contribution is -0.128. The first-order valence-corrected chi connectivity index (χ1v) is 8.20. The smallest absolute Gasteiger partial charge is 0.233 e. The molecule has 1 atom stereocenters. The van der Waals surface area contributed by atoms with Crippen LogP contribution < -0.4 is 0 Å². The average molecular weight is 306 g/mol. The second-order valence-electron chi connectivity index (χ2n) is 3.94. The van der Waals surface area contributed by atoms with E-state index in [0.29, 0.717) is 12.4 Å². The number of hydrogen-bond acceptors (Lipinski definition) is 4. The van der Waals surface area contributed by atoms with Crippen molar-refractivity contribution in [2.75, 3.05) is 25.5 Å². The SMILES string of the molecule is CCOCCCN1C(=O)CSC1c1ccc(Cl)s1. The zero-order chi connectivity index (χ0) is 13.0. The summed E-state index contributed by atoms with van der Waals surface area (Å²) in [7, 11) is 0. The lowest BCUT2D eigenvalue weighted by Crippen LogP contribution is -2.29. The number of nitrogens with zero attached hydrogens (tertiary/aromatic N) is 1. The molecule has 0 saturated carbocycles. The van der Waals surface area contributed by atoms with E-state index in [1.54, 1.807) is 23.1 Å². The molecule has 0 spiro atoms. The number of hydrogen-bond donors (Lipinski definition) is 0. The normalized spacial score (nSPS) is 19.8. The second kappa shape index (κ2) is 6.80. The first-order valence-electron chi connectivity index (χ1n) is 5.96. The minimum atomic E-state index is 0.136. The summed E-state index contributed by atoms with van der Waals surface area (Å²) >= 11 is 9.18. The van der Waals surface area contributed by atoms with Gasteiger partial charge in [-0.1, -0.05) is 11.6 Å². The van der Waals surface area contributed by atoms with Crippen LogP contribution in [-0.2, 0) is 9.53 Å². The Labute approximate surface area is 120 Å². The van der Waals surface area contributed by atoms with E-state index in [1.807, 2.05) is 24.0 Å². The Bertz CT molecular complexity index is 411. The van der Waals surface area contributed by atoms with Crippen LogP contribution in [0.4, 0.5) is 0 Å². The van der Waals surface area contributed by atoms with Gasteiger partial charge in [0.05, 0.1) is 10.1 Å². The topological polar surface area (TPSA) is 29.5 Å². The second-order valence-corrected chi connectivity index (χ2v) is 6.76. The Balaban J connectivity index is 1.95. The van der Waals surface area contributed by atoms with E-state index in [9.17, 15) is 4.79 Å². The van der Waals surface area contributed by atoms with Crippen LogP contribution in [0, 0.1) is 0 Å². The van der Waals surface area contributed by atoms with Gasteiger partial charge in [0.1, 0.15) is 5.37 Å². The van der Waals surface area contributed by atoms with Crippen LogP contribution in [0.5, 0.6) is 0 Å². The van der Waals surface area contributed by atoms with Crippen molar-refractivity contribution in [1.29, 1.82) is 0 Å². The minimum absolute atomic E-state index is 0.136. The molecular formula is C12H16ClNO2S2. The Morgan fingerprint density at radius 1 is 1.56 bits per heavy atom. The van der Waals surface area contributed by atoms with Crippen LogP contribution in [0.15, 0.2) is 12.1 Å². The van der Waals surface area contributed by atoms with Crippen LogP contribution in [-0.4, -0.2) is 36.3 Å². The van der Waals surface area contributed by atoms with Gasteiger partial charge in [-0.3, -0.25) is 4.79 Å². The van der Waals surface area contributed by atoms with Crippen LogP contribution in [0.1, 0.15) is 23.6 Å². The molecule has 1 aromatic heterocycles. The average Bonchev–Trinajstić information content (AvgIpc) is 2.92. The molecule has 18 heavy (non-hydrogen) atoms. The van der Waals surface area contributed by atoms with Gasteiger partial charge >= 0.3 is 0 Å². The maximum atomic E-state index is 11.9. The van der Waals surface area contributed by atoms with Gasteiger partial charge < -0.3 is 9.64 Å². The molecule has 2 heterocycles. The van der Waals surface area contributed by atoms with Gasteiger partial charge in [-0.2, -0.15) is 0 Å². The summed E-state index contributed by atoms with van der Waals surface area (Å²) < 4.78 is 6.09. The van der Waals surface area contributed by atoms with E-state index in [0.717, 1.165) is 28.8 Å². The summed E-state index contributed by atoms with van der Waals surface area (Å²) in [5.74, 6) is 0.778. The molecule has 0 N–H and O–H groups in total. The van der Waals surface area contributed by atoms with Crippen molar-refractivity contribution in [3.8, 4) is 0 Å². The summed E-state index contributed by atoms with van der Waals surface area (Å²) in [6.45, 7) is 4.18. The van der Waals surface area contributed by atoms with E-state index in [-0.39, 0.29) is 11.3 Å². The third kappa shape index (κ3) is 3.41. The van der Waals surface area contributed by atoms with E-state index in [4.69, 9.17) is 16.3 Å². The molecule has 1 saturated heterocycles. The standard InChI is InChI=1S/C12H16ClNO2S2/c1-2-16-7-3-6-14-11(15)8-17-12(14)9-4-5-10(13)18-9/h4-5,12H,2-3,6-8H2,1H3. The van der Waals surface area contributed by atoms with E-state index >= 15 is 0 Å². The number of halogens is 1. The van der Waals surface area contributed by atoms with Gasteiger partial charge in [-0.05, 0) is 25.5 Å². The minimum Gasteiger partial charge on any atom is -0.382 e. The molecule has 1 aliphatic rings. The molecule has 1 aliphatic heterocycles. The molecule has 6 heteroatoms. The summed E-state index contributed by atoms with van der Waals surface area (Å²) in [5, 5.41) is 0.136. The van der Waals surface area contributed by atoms with Crippen LogP contribution in [0.25, 0.3) is 0 Å².